The van der Waals surface area contributed by atoms with Gasteiger partial charge in [0.1, 0.15) is 0 Å². The van der Waals surface area contributed by atoms with E-state index in [9.17, 15) is 13.6 Å². The zero-order chi connectivity index (χ0) is 18.8. The Labute approximate surface area is 152 Å². The molecule has 0 atom stereocenters. The standard InChI is InChI=1S/C19H13F2N5O/c20-17(21)16-9-15(12-5-2-1-3-6-12)25-18-14(11-23-26(16)18)19(27)24-13-7-4-8-22-10-13/h1-11,17H,(H,24,27)/p+1. The first-order valence-corrected chi connectivity index (χ1v) is 8.12. The molecule has 8 heteroatoms. The maximum absolute atomic E-state index is 13.6. The molecule has 27 heavy (non-hydrogen) atoms. The Hall–Kier alpha value is -3.68. The number of nitrogens with zero attached hydrogens (tertiary/aromatic N) is 3. The van der Waals surface area contributed by atoms with Gasteiger partial charge in [0, 0.05) is 17.8 Å². The Morgan fingerprint density at radius 3 is 2.67 bits per heavy atom. The predicted octanol–water partition coefficient (Wildman–Crippen LogP) is 3.40. The fourth-order valence-electron chi connectivity index (χ4n) is 2.75. The number of anilines is 1. The van der Waals surface area contributed by atoms with Crippen LogP contribution in [0.25, 0.3) is 16.9 Å². The van der Waals surface area contributed by atoms with Crippen LogP contribution in [-0.2, 0) is 0 Å². The number of hydrogen-bond acceptors (Lipinski definition) is 3. The summed E-state index contributed by atoms with van der Waals surface area (Å²) in [5.41, 5.74) is 1.53. The van der Waals surface area contributed by atoms with E-state index in [0.29, 0.717) is 16.9 Å². The van der Waals surface area contributed by atoms with Gasteiger partial charge in [0.05, 0.1) is 18.1 Å². The van der Waals surface area contributed by atoms with Crippen molar-refractivity contribution in [2.24, 2.45) is 0 Å². The summed E-state index contributed by atoms with van der Waals surface area (Å²) in [5.74, 6) is -0.473. The molecule has 1 aromatic carbocycles. The van der Waals surface area contributed by atoms with Gasteiger partial charge in [0.15, 0.2) is 11.3 Å². The molecule has 0 fully saturated rings. The van der Waals surface area contributed by atoms with Crippen LogP contribution >= 0.6 is 0 Å². The largest absolute Gasteiger partial charge is 0.361 e. The van der Waals surface area contributed by atoms with E-state index in [1.165, 1.54) is 18.5 Å². The van der Waals surface area contributed by atoms with Crippen molar-refractivity contribution in [3.63, 3.8) is 0 Å². The summed E-state index contributed by atoms with van der Waals surface area (Å²) in [6, 6.07) is 13.6. The third-order valence-corrected chi connectivity index (χ3v) is 4.02. The molecule has 6 nitrogen and oxygen atoms in total. The molecule has 0 saturated heterocycles. The number of aromatic amines is 1. The number of pyridine rings is 1. The molecule has 2 N–H and O–H groups in total. The molecule has 0 aliphatic rings. The van der Waals surface area contributed by atoms with E-state index in [1.807, 2.05) is 6.07 Å². The molecule has 134 valence electrons. The molecule has 0 bridgehead atoms. The van der Waals surface area contributed by atoms with Crippen molar-refractivity contribution in [2.75, 3.05) is 5.32 Å². The fraction of sp³-hybridized carbons (Fsp3) is 0.0526. The highest BCUT2D eigenvalue weighted by Crippen LogP contribution is 2.23. The molecule has 0 radical (unpaired) electrons. The van der Waals surface area contributed by atoms with Crippen molar-refractivity contribution in [2.45, 2.75) is 6.43 Å². The molecule has 3 heterocycles. The first-order chi connectivity index (χ1) is 13.1. The second-order valence-electron chi connectivity index (χ2n) is 5.77. The first-order valence-electron chi connectivity index (χ1n) is 8.12. The van der Waals surface area contributed by atoms with Crippen LogP contribution in [0.3, 0.4) is 0 Å². The normalized spacial score (nSPS) is 11.1. The summed E-state index contributed by atoms with van der Waals surface area (Å²) in [5, 5.41) is 5.36. The Balaban J connectivity index is 1.83. The lowest BCUT2D eigenvalue weighted by atomic mass is 10.1. The molecule has 0 aliphatic heterocycles. The van der Waals surface area contributed by atoms with E-state index >= 15 is 0 Å². The molecule has 4 rings (SSSR count). The molecule has 3 aromatic heterocycles. The van der Waals surface area contributed by atoms with Crippen LogP contribution < -0.4 is 9.83 Å². The predicted molar refractivity (Wildman–Crippen MR) is 94.3 cm³/mol. The average Bonchev–Trinajstić information content (AvgIpc) is 3.12. The second kappa shape index (κ2) is 6.91. The number of amides is 1. The summed E-state index contributed by atoms with van der Waals surface area (Å²) in [6.07, 6.45) is 1.69. The molecular formula is C19H14F2N5O+. The molecule has 1 amide bonds. The van der Waals surface area contributed by atoms with E-state index in [0.717, 1.165) is 4.52 Å². The minimum absolute atomic E-state index is 0.119. The number of fused-ring (bicyclic) bond motifs is 1. The van der Waals surface area contributed by atoms with Gasteiger partial charge in [-0.15, -0.1) is 4.52 Å². The number of rotatable bonds is 4. The van der Waals surface area contributed by atoms with Crippen molar-refractivity contribution < 1.29 is 18.1 Å². The monoisotopic (exact) mass is 366 g/mol. The summed E-state index contributed by atoms with van der Waals surface area (Å²) in [4.78, 5) is 21.0. The summed E-state index contributed by atoms with van der Waals surface area (Å²) in [6.45, 7) is 0. The Morgan fingerprint density at radius 2 is 1.96 bits per heavy atom. The lowest BCUT2D eigenvalue weighted by molar-refractivity contribution is -0.593. The number of aromatic nitrogens is 4. The van der Waals surface area contributed by atoms with Crippen molar-refractivity contribution >= 4 is 17.2 Å². The van der Waals surface area contributed by atoms with E-state index in [2.05, 4.69) is 20.4 Å². The quantitative estimate of drug-likeness (QED) is 0.544. The average molecular weight is 366 g/mol. The smallest absolute Gasteiger partial charge is 0.320 e. The van der Waals surface area contributed by atoms with Crippen molar-refractivity contribution in [3.8, 4) is 11.3 Å². The zero-order valence-corrected chi connectivity index (χ0v) is 13.9. The molecule has 4 aromatic rings. The Kier molecular flexibility index (Phi) is 4.29. The Bertz CT molecular complexity index is 1100. The Morgan fingerprint density at radius 1 is 1.15 bits per heavy atom. The van der Waals surface area contributed by atoms with Gasteiger partial charge < -0.3 is 5.32 Å². The molecule has 0 saturated carbocycles. The summed E-state index contributed by atoms with van der Waals surface area (Å²) in [7, 11) is 0. The number of nitrogens with one attached hydrogen (secondary N) is 2. The summed E-state index contributed by atoms with van der Waals surface area (Å²) >= 11 is 0. The third kappa shape index (κ3) is 3.24. The van der Waals surface area contributed by atoms with E-state index in [4.69, 9.17) is 0 Å². The van der Waals surface area contributed by atoms with Crippen LogP contribution in [0.5, 0.6) is 0 Å². The van der Waals surface area contributed by atoms with Gasteiger partial charge in [-0.3, -0.25) is 9.78 Å². The van der Waals surface area contributed by atoms with Crippen LogP contribution in [0.1, 0.15) is 22.5 Å². The van der Waals surface area contributed by atoms with E-state index in [-0.39, 0.29) is 16.9 Å². The fourth-order valence-corrected chi connectivity index (χ4v) is 2.75. The highest BCUT2D eigenvalue weighted by atomic mass is 19.3. The highest BCUT2D eigenvalue weighted by Gasteiger charge is 2.28. The number of hydrogen-bond donors (Lipinski definition) is 2. The van der Waals surface area contributed by atoms with Crippen LogP contribution in [0.4, 0.5) is 14.5 Å². The highest BCUT2D eigenvalue weighted by molar-refractivity contribution is 6.07. The SMILES string of the molecule is O=C(Nc1cccnc1)c1c[nH][n+]2c(C(F)F)cc(-c3ccccc3)nc12. The topological polar surface area (TPSA) is 74.8 Å². The van der Waals surface area contributed by atoms with Crippen LogP contribution in [-0.4, -0.2) is 21.0 Å². The van der Waals surface area contributed by atoms with Crippen molar-refractivity contribution in [1.29, 1.82) is 0 Å². The molecule has 0 unspecified atom stereocenters. The third-order valence-electron chi connectivity index (χ3n) is 4.02. The van der Waals surface area contributed by atoms with Crippen molar-refractivity contribution in [3.05, 3.63) is 78.4 Å². The van der Waals surface area contributed by atoms with Gasteiger partial charge in [-0.25, -0.2) is 13.9 Å². The second-order valence-corrected chi connectivity index (χ2v) is 5.77. The zero-order valence-electron chi connectivity index (χ0n) is 13.9. The van der Waals surface area contributed by atoms with Gasteiger partial charge in [-0.1, -0.05) is 30.3 Å². The van der Waals surface area contributed by atoms with Crippen LogP contribution in [0, 0.1) is 0 Å². The molecule has 0 aliphatic carbocycles. The number of alkyl halides is 2. The minimum atomic E-state index is -2.74. The maximum atomic E-state index is 13.6. The van der Waals surface area contributed by atoms with Gasteiger partial charge >= 0.3 is 12.1 Å². The lowest BCUT2D eigenvalue weighted by Gasteiger charge is -2.02. The molecule has 0 spiro atoms. The van der Waals surface area contributed by atoms with Gasteiger partial charge in [-0.05, 0) is 17.1 Å². The van der Waals surface area contributed by atoms with Gasteiger partial charge in [0.2, 0.25) is 5.69 Å². The van der Waals surface area contributed by atoms with Gasteiger partial charge in [0.25, 0.3) is 5.91 Å². The van der Waals surface area contributed by atoms with Crippen LogP contribution in [0.2, 0.25) is 0 Å². The van der Waals surface area contributed by atoms with Gasteiger partial charge in [-0.2, -0.15) is 0 Å². The number of halogens is 2. The lowest BCUT2D eigenvalue weighted by Crippen LogP contribution is -2.31. The van der Waals surface area contributed by atoms with Crippen LogP contribution in [0.15, 0.2) is 67.1 Å². The van der Waals surface area contributed by atoms with Crippen molar-refractivity contribution in [1.82, 2.24) is 15.1 Å². The van der Waals surface area contributed by atoms with E-state index in [1.54, 1.807) is 42.6 Å². The summed E-state index contributed by atoms with van der Waals surface area (Å²) < 4.78 is 28.3. The molecular weight excluding hydrogens is 352 g/mol. The first kappa shape index (κ1) is 16.8. The number of carbonyl (C=O) groups is 1. The van der Waals surface area contributed by atoms with E-state index < -0.39 is 12.3 Å². The maximum Gasteiger partial charge on any atom is 0.361 e. The number of carbonyl (C=O) groups excluding carboxylic acids is 1. The number of H-pyrrole nitrogens is 1. The number of benzene rings is 1. The minimum Gasteiger partial charge on any atom is -0.320 e.